The second-order valence-corrected chi connectivity index (χ2v) is 7.23. The Morgan fingerprint density at radius 3 is 2.59 bits per heavy atom. The number of tetrazole rings is 1. The second kappa shape index (κ2) is 8.98. The maximum atomic E-state index is 13.0. The van der Waals surface area contributed by atoms with Crippen molar-refractivity contribution in [2.24, 2.45) is 0 Å². The highest BCUT2D eigenvalue weighted by molar-refractivity contribution is 6.33. The largest absolute Gasteiger partial charge is 0.336 e. The van der Waals surface area contributed by atoms with Gasteiger partial charge in [0.2, 0.25) is 0 Å². The lowest BCUT2D eigenvalue weighted by atomic mass is 10.1. The molecule has 29 heavy (non-hydrogen) atoms. The fraction of sp³-hybridized carbons (Fsp3) is 0.238. The van der Waals surface area contributed by atoms with Gasteiger partial charge in [-0.15, -0.1) is 5.10 Å². The topological polar surface area (TPSA) is 67.2 Å². The zero-order valence-corrected chi connectivity index (χ0v) is 16.6. The Bertz CT molecular complexity index is 982. The van der Waals surface area contributed by atoms with E-state index in [9.17, 15) is 4.79 Å². The van der Waals surface area contributed by atoms with Gasteiger partial charge in [-0.2, -0.15) is 0 Å². The highest BCUT2D eigenvalue weighted by Crippen LogP contribution is 2.22. The van der Waals surface area contributed by atoms with Gasteiger partial charge in [-0.05, 0) is 34.2 Å². The molecule has 2 heterocycles. The number of hydrogen-bond donors (Lipinski definition) is 0. The number of hydrogen-bond acceptors (Lipinski definition) is 5. The molecule has 2 aromatic carbocycles. The molecule has 8 heteroatoms. The number of carbonyl (C=O) groups excluding carboxylic acids is 1. The van der Waals surface area contributed by atoms with Crippen LogP contribution in [-0.4, -0.2) is 68.6 Å². The van der Waals surface area contributed by atoms with Crippen LogP contribution in [0.3, 0.4) is 0 Å². The van der Waals surface area contributed by atoms with Crippen LogP contribution >= 0.6 is 11.6 Å². The molecule has 0 radical (unpaired) electrons. The summed E-state index contributed by atoms with van der Waals surface area (Å²) >= 11 is 6.30. The van der Waals surface area contributed by atoms with Crippen molar-refractivity contribution in [1.82, 2.24) is 30.0 Å². The van der Waals surface area contributed by atoms with Gasteiger partial charge in [-0.25, -0.2) is 4.68 Å². The van der Waals surface area contributed by atoms with Gasteiger partial charge in [0.25, 0.3) is 5.91 Å². The van der Waals surface area contributed by atoms with Gasteiger partial charge in [-0.3, -0.25) is 9.69 Å². The normalized spacial score (nSPS) is 15.1. The first-order valence-corrected chi connectivity index (χ1v) is 9.84. The second-order valence-electron chi connectivity index (χ2n) is 6.82. The third-order valence-electron chi connectivity index (χ3n) is 4.93. The number of nitrogens with zero attached hydrogens (tertiary/aromatic N) is 6. The third kappa shape index (κ3) is 4.70. The first-order chi connectivity index (χ1) is 14.2. The molecule has 1 aliphatic rings. The molecule has 4 rings (SSSR count). The summed E-state index contributed by atoms with van der Waals surface area (Å²) in [6.45, 7) is 3.86. The van der Waals surface area contributed by atoms with Crippen molar-refractivity contribution >= 4 is 23.6 Å². The summed E-state index contributed by atoms with van der Waals surface area (Å²) in [6, 6.07) is 15.5. The Kier molecular flexibility index (Phi) is 5.97. The minimum atomic E-state index is -0.0654. The molecular formula is C21H21ClN6O. The molecule has 0 N–H and O–H groups in total. The van der Waals surface area contributed by atoms with Crippen LogP contribution in [0.4, 0.5) is 0 Å². The highest BCUT2D eigenvalue weighted by Gasteiger charge is 2.23. The van der Waals surface area contributed by atoms with Crippen LogP contribution in [0, 0.1) is 0 Å². The average Bonchev–Trinajstić information content (AvgIpc) is 3.30. The van der Waals surface area contributed by atoms with Gasteiger partial charge in [0, 0.05) is 32.7 Å². The van der Waals surface area contributed by atoms with E-state index in [-0.39, 0.29) is 5.91 Å². The number of aromatic nitrogens is 4. The first-order valence-electron chi connectivity index (χ1n) is 9.47. The zero-order valence-electron chi connectivity index (χ0n) is 15.9. The van der Waals surface area contributed by atoms with Gasteiger partial charge in [-0.1, -0.05) is 54.1 Å². The van der Waals surface area contributed by atoms with Crippen molar-refractivity contribution in [1.29, 1.82) is 0 Å². The standard InChI is InChI=1S/C21H21ClN6O/c22-20-9-8-18(28-16-23-24-25-28)15-19(20)21(29)27-13-11-26(12-14-27)10-4-7-17-5-2-1-3-6-17/h1-9,15-16H,10-14H2. The minimum Gasteiger partial charge on any atom is -0.336 e. The quantitative estimate of drug-likeness (QED) is 0.649. The van der Waals surface area contributed by atoms with Gasteiger partial charge in [0.15, 0.2) is 0 Å². The maximum Gasteiger partial charge on any atom is 0.255 e. The van der Waals surface area contributed by atoms with Crippen molar-refractivity contribution in [3.63, 3.8) is 0 Å². The van der Waals surface area contributed by atoms with Crippen molar-refractivity contribution in [3.8, 4) is 5.69 Å². The van der Waals surface area contributed by atoms with Gasteiger partial charge in [0.1, 0.15) is 6.33 Å². The van der Waals surface area contributed by atoms with Crippen LogP contribution in [0.1, 0.15) is 15.9 Å². The van der Waals surface area contributed by atoms with Crippen LogP contribution in [0.2, 0.25) is 5.02 Å². The van der Waals surface area contributed by atoms with Crippen LogP contribution in [0.15, 0.2) is 60.9 Å². The number of benzene rings is 2. The molecule has 7 nitrogen and oxygen atoms in total. The molecule has 1 saturated heterocycles. The molecule has 0 spiro atoms. The monoisotopic (exact) mass is 408 g/mol. The number of carbonyl (C=O) groups is 1. The molecule has 0 unspecified atom stereocenters. The Labute approximate surface area is 174 Å². The number of rotatable bonds is 5. The van der Waals surface area contributed by atoms with Gasteiger partial charge >= 0.3 is 0 Å². The van der Waals surface area contributed by atoms with Crippen LogP contribution in [0.25, 0.3) is 11.8 Å². The summed E-state index contributed by atoms with van der Waals surface area (Å²) in [5, 5.41) is 11.6. The fourth-order valence-corrected chi connectivity index (χ4v) is 3.50. The predicted molar refractivity (Wildman–Crippen MR) is 112 cm³/mol. The third-order valence-corrected chi connectivity index (χ3v) is 5.26. The lowest BCUT2D eigenvalue weighted by Crippen LogP contribution is -2.48. The Morgan fingerprint density at radius 2 is 1.86 bits per heavy atom. The summed E-state index contributed by atoms with van der Waals surface area (Å²) in [5.74, 6) is -0.0654. The molecule has 148 valence electrons. The maximum absolute atomic E-state index is 13.0. The van der Waals surface area contributed by atoms with Crippen molar-refractivity contribution < 1.29 is 4.79 Å². The molecule has 0 aliphatic carbocycles. The fourth-order valence-electron chi connectivity index (χ4n) is 3.31. The molecule has 1 amide bonds. The first kappa shape index (κ1) is 19.3. The Morgan fingerprint density at radius 1 is 1.07 bits per heavy atom. The molecule has 0 saturated carbocycles. The van der Waals surface area contributed by atoms with E-state index >= 15 is 0 Å². The average molecular weight is 409 g/mol. The van der Waals surface area contributed by atoms with E-state index in [0.717, 1.165) is 19.6 Å². The van der Waals surface area contributed by atoms with Crippen LogP contribution in [-0.2, 0) is 0 Å². The summed E-state index contributed by atoms with van der Waals surface area (Å²) in [6.07, 6.45) is 5.78. The van der Waals surface area contributed by atoms with Crippen molar-refractivity contribution in [2.45, 2.75) is 0 Å². The minimum absolute atomic E-state index is 0.0654. The Hall–Kier alpha value is -3.03. The van der Waals surface area contributed by atoms with E-state index < -0.39 is 0 Å². The number of piperazine rings is 1. The Balaban J connectivity index is 1.36. The lowest BCUT2D eigenvalue weighted by Gasteiger charge is -2.34. The number of halogens is 1. The predicted octanol–water partition coefficient (Wildman–Crippen LogP) is 2.79. The molecule has 0 bridgehead atoms. The summed E-state index contributed by atoms with van der Waals surface area (Å²) < 4.78 is 1.50. The SMILES string of the molecule is O=C(c1cc(-n2cnnn2)ccc1Cl)N1CCN(CC=Cc2ccccc2)CC1. The van der Waals surface area contributed by atoms with E-state index in [4.69, 9.17) is 11.6 Å². The van der Waals surface area contributed by atoms with Gasteiger partial charge in [0.05, 0.1) is 16.3 Å². The summed E-state index contributed by atoms with van der Waals surface area (Å²) in [5.41, 5.74) is 2.36. The van der Waals surface area contributed by atoms with Gasteiger partial charge < -0.3 is 4.90 Å². The van der Waals surface area contributed by atoms with E-state index in [0.29, 0.717) is 29.4 Å². The number of amides is 1. The van der Waals surface area contributed by atoms with Crippen LogP contribution in [0.5, 0.6) is 0 Å². The molecular weight excluding hydrogens is 388 g/mol. The molecule has 3 aromatic rings. The van der Waals surface area contributed by atoms with E-state index in [1.165, 1.54) is 16.6 Å². The van der Waals surface area contributed by atoms with Crippen molar-refractivity contribution in [3.05, 3.63) is 77.1 Å². The van der Waals surface area contributed by atoms with E-state index in [2.05, 4.69) is 44.7 Å². The molecule has 1 fully saturated rings. The highest BCUT2D eigenvalue weighted by atomic mass is 35.5. The summed E-state index contributed by atoms with van der Waals surface area (Å²) in [4.78, 5) is 17.2. The van der Waals surface area contributed by atoms with E-state index in [1.807, 2.05) is 23.1 Å². The smallest absolute Gasteiger partial charge is 0.255 e. The molecule has 1 aromatic heterocycles. The molecule has 1 aliphatic heterocycles. The van der Waals surface area contributed by atoms with Crippen LogP contribution < -0.4 is 0 Å². The lowest BCUT2D eigenvalue weighted by molar-refractivity contribution is 0.0650. The molecule has 0 atom stereocenters. The zero-order chi connectivity index (χ0) is 20.1. The summed E-state index contributed by atoms with van der Waals surface area (Å²) in [7, 11) is 0. The van der Waals surface area contributed by atoms with E-state index in [1.54, 1.807) is 18.2 Å². The van der Waals surface area contributed by atoms with Crippen molar-refractivity contribution in [2.75, 3.05) is 32.7 Å².